The molecule has 0 amide bonds. The van der Waals surface area contributed by atoms with Crippen molar-refractivity contribution < 1.29 is 9.90 Å². The molecular weight excluding hydrogens is 240 g/mol. The maximum absolute atomic E-state index is 10.7. The fourth-order valence-corrected chi connectivity index (χ4v) is 2.85. The molecule has 2 unspecified atom stereocenters. The van der Waals surface area contributed by atoms with Crippen molar-refractivity contribution in [2.75, 3.05) is 11.9 Å². The van der Waals surface area contributed by atoms with Gasteiger partial charge in [-0.25, -0.2) is 9.78 Å². The topological polar surface area (TPSA) is 62.2 Å². The van der Waals surface area contributed by atoms with E-state index >= 15 is 0 Å². The highest BCUT2D eigenvalue weighted by molar-refractivity contribution is 5.87. The number of carbonyl (C=O) groups is 1. The summed E-state index contributed by atoms with van der Waals surface area (Å²) < 4.78 is 0. The maximum atomic E-state index is 10.7. The van der Waals surface area contributed by atoms with Crippen LogP contribution in [0, 0.1) is 11.8 Å². The first-order valence-electron chi connectivity index (χ1n) is 7.08. The van der Waals surface area contributed by atoms with Gasteiger partial charge in [-0.2, -0.15) is 0 Å². The van der Waals surface area contributed by atoms with Crippen LogP contribution in [-0.4, -0.2) is 22.6 Å². The molecule has 4 heteroatoms. The Morgan fingerprint density at radius 1 is 1.47 bits per heavy atom. The second kappa shape index (κ2) is 6.55. The van der Waals surface area contributed by atoms with Gasteiger partial charge >= 0.3 is 5.97 Å². The SMILES string of the molecule is CC1CCCC(CCNc2ccc(C(=O)O)cn2)C1. The molecule has 0 bridgehead atoms. The summed E-state index contributed by atoms with van der Waals surface area (Å²) in [5, 5.41) is 12.1. The van der Waals surface area contributed by atoms with Crippen molar-refractivity contribution in [3.05, 3.63) is 23.9 Å². The summed E-state index contributed by atoms with van der Waals surface area (Å²) in [6.45, 7) is 3.25. The zero-order chi connectivity index (χ0) is 13.7. The third kappa shape index (κ3) is 4.23. The molecule has 1 aliphatic carbocycles. The Bertz CT molecular complexity index is 417. The zero-order valence-electron chi connectivity index (χ0n) is 11.4. The van der Waals surface area contributed by atoms with Crippen molar-refractivity contribution >= 4 is 11.8 Å². The number of carboxylic acids is 1. The van der Waals surface area contributed by atoms with Gasteiger partial charge in [-0.3, -0.25) is 0 Å². The minimum atomic E-state index is -0.935. The summed E-state index contributed by atoms with van der Waals surface area (Å²) in [5.74, 6) is 1.52. The predicted octanol–water partition coefficient (Wildman–Crippen LogP) is 3.41. The number of aromatic carboxylic acids is 1. The average molecular weight is 262 g/mol. The number of aromatic nitrogens is 1. The minimum absolute atomic E-state index is 0.228. The molecule has 1 heterocycles. The molecule has 2 atom stereocenters. The first-order valence-corrected chi connectivity index (χ1v) is 7.08. The van der Waals surface area contributed by atoms with Crippen molar-refractivity contribution in [2.45, 2.75) is 39.0 Å². The third-order valence-corrected chi connectivity index (χ3v) is 3.91. The molecule has 19 heavy (non-hydrogen) atoms. The van der Waals surface area contributed by atoms with Gasteiger partial charge in [0.2, 0.25) is 0 Å². The number of nitrogens with one attached hydrogen (secondary N) is 1. The van der Waals surface area contributed by atoms with E-state index in [9.17, 15) is 4.79 Å². The fraction of sp³-hybridized carbons (Fsp3) is 0.600. The van der Waals surface area contributed by atoms with E-state index in [1.807, 2.05) is 0 Å². The summed E-state index contributed by atoms with van der Waals surface area (Å²) in [5.41, 5.74) is 0.228. The van der Waals surface area contributed by atoms with Crippen LogP contribution in [0.25, 0.3) is 0 Å². The second-order valence-electron chi connectivity index (χ2n) is 5.59. The average Bonchev–Trinajstić information content (AvgIpc) is 2.39. The van der Waals surface area contributed by atoms with E-state index in [1.54, 1.807) is 12.1 Å². The van der Waals surface area contributed by atoms with Crippen LogP contribution in [0.15, 0.2) is 18.3 Å². The molecule has 0 saturated heterocycles. The summed E-state index contributed by atoms with van der Waals surface area (Å²) in [6, 6.07) is 3.31. The Morgan fingerprint density at radius 3 is 2.95 bits per heavy atom. The normalized spacial score (nSPS) is 23.0. The number of pyridine rings is 1. The fourth-order valence-electron chi connectivity index (χ4n) is 2.85. The smallest absolute Gasteiger partial charge is 0.337 e. The van der Waals surface area contributed by atoms with Crippen LogP contribution in [0.3, 0.4) is 0 Å². The summed E-state index contributed by atoms with van der Waals surface area (Å²) >= 11 is 0. The van der Waals surface area contributed by atoms with E-state index in [-0.39, 0.29) is 5.56 Å². The Balaban J connectivity index is 1.74. The van der Waals surface area contributed by atoms with E-state index in [0.717, 1.165) is 24.2 Å². The van der Waals surface area contributed by atoms with Crippen LogP contribution in [0.2, 0.25) is 0 Å². The molecule has 1 aliphatic rings. The van der Waals surface area contributed by atoms with Gasteiger partial charge in [-0.1, -0.05) is 26.2 Å². The largest absolute Gasteiger partial charge is 0.478 e. The molecule has 2 rings (SSSR count). The van der Waals surface area contributed by atoms with Crippen LogP contribution >= 0.6 is 0 Å². The summed E-state index contributed by atoms with van der Waals surface area (Å²) in [4.78, 5) is 14.8. The molecule has 4 nitrogen and oxygen atoms in total. The lowest BCUT2D eigenvalue weighted by Crippen LogP contribution is -2.16. The first kappa shape index (κ1) is 13.8. The minimum Gasteiger partial charge on any atom is -0.478 e. The number of hydrogen-bond acceptors (Lipinski definition) is 3. The standard InChI is InChI=1S/C15H22N2O2/c1-11-3-2-4-12(9-11)7-8-16-14-6-5-13(10-17-14)15(18)19/h5-6,10-12H,2-4,7-9H2,1H3,(H,16,17)(H,18,19). The summed E-state index contributed by atoms with van der Waals surface area (Å²) in [7, 11) is 0. The van der Waals surface area contributed by atoms with Crippen LogP contribution in [0.5, 0.6) is 0 Å². The van der Waals surface area contributed by atoms with E-state index in [2.05, 4.69) is 17.2 Å². The molecule has 0 aliphatic heterocycles. The quantitative estimate of drug-likeness (QED) is 0.853. The maximum Gasteiger partial charge on any atom is 0.337 e. The molecule has 1 saturated carbocycles. The van der Waals surface area contributed by atoms with Crippen molar-refractivity contribution in [2.24, 2.45) is 11.8 Å². The molecule has 104 valence electrons. The van der Waals surface area contributed by atoms with E-state index in [4.69, 9.17) is 5.11 Å². The lowest BCUT2D eigenvalue weighted by molar-refractivity contribution is 0.0696. The van der Waals surface area contributed by atoms with Crippen LogP contribution < -0.4 is 5.32 Å². The Hall–Kier alpha value is -1.58. The number of rotatable bonds is 5. The monoisotopic (exact) mass is 262 g/mol. The van der Waals surface area contributed by atoms with Gasteiger partial charge < -0.3 is 10.4 Å². The highest BCUT2D eigenvalue weighted by Crippen LogP contribution is 2.30. The van der Waals surface area contributed by atoms with E-state index in [0.29, 0.717) is 0 Å². The number of nitrogens with zero attached hydrogens (tertiary/aromatic N) is 1. The molecule has 0 spiro atoms. The van der Waals surface area contributed by atoms with Gasteiger partial charge in [-0.15, -0.1) is 0 Å². The third-order valence-electron chi connectivity index (χ3n) is 3.91. The van der Waals surface area contributed by atoms with Gasteiger partial charge in [0, 0.05) is 12.7 Å². The lowest BCUT2D eigenvalue weighted by Gasteiger charge is -2.26. The van der Waals surface area contributed by atoms with Crippen molar-refractivity contribution in [1.82, 2.24) is 4.98 Å². The Labute approximate surface area is 114 Å². The first-order chi connectivity index (χ1) is 9.15. The molecule has 1 aromatic rings. The summed E-state index contributed by atoms with van der Waals surface area (Å²) in [6.07, 6.45) is 7.99. The Kier molecular flexibility index (Phi) is 4.77. The van der Waals surface area contributed by atoms with Gasteiger partial charge in [0.1, 0.15) is 5.82 Å². The Morgan fingerprint density at radius 2 is 2.32 bits per heavy atom. The van der Waals surface area contributed by atoms with E-state index in [1.165, 1.54) is 38.3 Å². The molecular formula is C15H22N2O2. The second-order valence-corrected chi connectivity index (χ2v) is 5.59. The van der Waals surface area contributed by atoms with Crippen LogP contribution in [-0.2, 0) is 0 Å². The van der Waals surface area contributed by atoms with Crippen LogP contribution in [0.1, 0.15) is 49.4 Å². The van der Waals surface area contributed by atoms with Crippen molar-refractivity contribution in [1.29, 1.82) is 0 Å². The predicted molar refractivity (Wildman–Crippen MR) is 75.4 cm³/mol. The molecule has 1 aromatic heterocycles. The van der Waals surface area contributed by atoms with Gasteiger partial charge in [0.15, 0.2) is 0 Å². The number of anilines is 1. The molecule has 0 radical (unpaired) electrons. The van der Waals surface area contributed by atoms with E-state index < -0.39 is 5.97 Å². The van der Waals surface area contributed by atoms with Gasteiger partial charge in [-0.05, 0) is 36.8 Å². The molecule has 1 fully saturated rings. The zero-order valence-corrected chi connectivity index (χ0v) is 11.4. The van der Waals surface area contributed by atoms with Crippen LogP contribution in [0.4, 0.5) is 5.82 Å². The van der Waals surface area contributed by atoms with Crippen molar-refractivity contribution in [3.63, 3.8) is 0 Å². The lowest BCUT2D eigenvalue weighted by atomic mass is 9.81. The molecule has 0 aromatic carbocycles. The van der Waals surface area contributed by atoms with Crippen molar-refractivity contribution in [3.8, 4) is 0 Å². The van der Waals surface area contributed by atoms with Gasteiger partial charge in [0.25, 0.3) is 0 Å². The highest BCUT2D eigenvalue weighted by Gasteiger charge is 2.18. The van der Waals surface area contributed by atoms with Gasteiger partial charge in [0.05, 0.1) is 5.56 Å². The number of carboxylic acid groups (broad SMARTS) is 1. The number of hydrogen-bond donors (Lipinski definition) is 2. The highest BCUT2D eigenvalue weighted by atomic mass is 16.4. The molecule has 2 N–H and O–H groups in total.